The summed E-state index contributed by atoms with van der Waals surface area (Å²) in [6.07, 6.45) is 2.64. The van der Waals surface area contributed by atoms with Crippen LogP contribution >= 0.6 is 11.6 Å². The van der Waals surface area contributed by atoms with Gasteiger partial charge in [-0.15, -0.1) is 0 Å². The van der Waals surface area contributed by atoms with E-state index in [0.717, 1.165) is 24.8 Å². The summed E-state index contributed by atoms with van der Waals surface area (Å²) in [5.41, 5.74) is 1.55. The third-order valence-electron chi connectivity index (χ3n) is 5.27. The van der Waals surface area contributed by atoms with Crippen LogP contribution in [-0.4, -0.2) is 38.3 Å². The van der Waals surface area contributed by atoms with Crippen molar-refractivity contribution in [3.63, 3.8) is 0 Å². The van der Waals surface area contributed by atoms with E-state index in [1.54, 1.807) is 31.2 Å². The van der Waals surface area contributed by atoms with Crippen molar-refractivity contribution in [3.8, 4) is 5.75 Å². The summed E-state index contributed by atoms with van der Waals surface area (Å²) >= 11 is 6.11. The number of halogens is 1. The average molecular weight is 437 g/mol. The molecule has 156 valence electrons. The zero-order chi connectivity index (χ0) is 21.2. The molecule has 2 aromatic carbocycles. The Morgan fingerprint density at radius 3 is 2.69 bits per heavy atom. The van der Waals surface area contributed by atoms with E-state index in [4.69, 9.17) is 16.3 Å². The van der Waals surface area contributed by atoms with Gasteiger partial charge in [-0.2, -0.15) is 4.31 Å². The number of anilines is 1. The molecule has 1 N–H and O–H groups in total. The normalized spacial score (nSPS) is 17.7. The van der Waals surface area contributed by atoms with Gasteiger partial charge in [0, 0.05) is 28.9 Å². The average Bonchev–Trinajstić information content (AvgIpc) is 2.71. The van der Waals surface area contributed by atoms with E-state index in [9.17, 15) is 13.2 Å². The van der Waals surface area contributed by atoms with E-state index in [0.29, 0.717) is 17.3 Å². The Morgan fingerprint density at radius 1 is 1.24 bits per heavy atom. The number of sulfonamides is 1. The largest absolute Gasteiger partial charge is 0.495 e. The maximum absolute atomic E-state index is 13.3. The van der Waals surface area contributed by atoms with Crippen LogP contribution in [0.4, 0.5) is 5.69 Å². The van der Waals surface area contributed by atoms with E-state index in [-0.39, 0.29) is 22.3 Å². The van der Waals surface area contributed by atoms with Gasteiger partial charge in [-0.25, -0.2) is 8.42 Å². The van der Waals surface area contributed by atoms with Gasteiger partial charge in [0.15, 0.2) is 0 Å². The van der Waals surface area contributed by atoms with Gasteiger partial charge in [0.25, 0.3) is 5.91 Å². The fraction of sp³-hybridized carbons (Fsp3) is 0.381. The fourth-order valence-electron chi connectivity index (χ4n) is 3.51. The lowest BCUT2D eigenvalue weighted by Crippen LogP contribution is -2.42. The molecule has 1 fully saturated rings. The van der Waals surface area contributed by atoms with Crippen molar-refractivity contribution in [2.75, 3.05) is 19.0 Å². The molecule has 0 saturated carbocycles. The Hall–Kier alpha value is -2.09. The number of nitrogens with zero attached hydrogens (tertiary/aromatic N) is 1. The Kier molecular flexibility index (Phi) is 6.51. The number of benzene rings is 2. The number of hydrogen-bond acceptors (Lipinski definition) is 4. The summed E-state index contributed by atoms with van der Waals surface area (Å²) < 4.78 is 33.4. The van der Waals surface area contributed by atoms with Gasteiger partial charge < -0.3 is 10.1 Å². The summed E-state index contributed by atoms with van der Waals surface area (Å²) in [7, 11) is -2.37. The molecule has 8 heteroatoms. The van der Waals surface area contributed by atoms with E-state index < -0.39 is 15.9 Å². The maximum atomic E-state index is 13.3. The van der Waals surface area contributed by atoms with Crippen LogP contribution in [0.25, 0.3) is 0 Å². The molecule has 0 radical (unpaired) electrons. The second-order valence-corrected chi connectivity index (χ2v) is 9.46. The monoisotopic (exact) mass is 436 g/mol. The highest BCUT2D eigenvalue weighted by molar-refractivity contribution is 7.89. The van der Waals surface area contributed by atoms with Crippen molar-refractivity contribution < 1.29 is 17.9 Å². The Labute approximate surface area is 176 Å². The minimum Gasteiger partial charge on any atom is -0.495 e. The quantitative estimate of drug-likeness (QED) is 0.750. The van der Waals surface area contributed by atoms with Gasteiger partial charge in [0.05, 0.1) is 7.11 Å². The second-order valence-electron chi connectivity index (χ2n) is 7.19. The number of amides is 1. The van der Waals surface area contributed by atoms with Crippen LogP contribution in [0.3, 0.4) is 0 Å². The van der Waals surface area contributed by atoms with Gasteiger partial charge in [-0.05, 0) is 62.6 Å². The summed E-state index contributed by atoms with van der Waals surface area (Å²) in [6.45, 7) is 4.17. The number of carbonyl (C=O) groups is 1. The second kappa shape index (κ2) is 8.73. The molecule has 1 atom stereocenters. The van der Waals surface area contributed by atoms with Crippen molar-refractivity contribution in [3.05, 3.63) is 52.5 Å². The van der Waals surface area contributed by atoms with E-state index in [2.05, 4.69) is 5.32 Å². The molecule has 0 aliphatic carbocycles. The minimum absolute atomic E-state index is 0.00390. The lowest BCUT2D eigenvalue weighted by molar-refractivity contribution is 0.102. The molecule has 0 unspecified atom stereocenters. The predicted octanol–water partition coefficient (Wildman–Crippen LogP) is 4.47. The number of rotatable bonds is 5. The van der Waals surface area contributed by atoms with Crippen LogP contribution < -0.4 is 10.1 Å². The van der Waals surface area contributed by atoms with E-state index in [1.807, 2.05) is 6.92 Å². The number of hydrogen-bond donors (Lipinski definition) is 1. The van der Waals surface area contributed by atoms with E-state index >= 15 is 0 Å². The zero-order valence-electron chi connectivity index (χ0n) is 16.7. The molecule has 1 amide bonds. The highest BCUT2D eigenvalue weighted by atomic mass is 35.5. The van der Waals surface area contributed by atoms with Gasteiger partial charge >= 0.3 is 0 Å². The lowest BCUT2D eigenvalue weighted by Gasteiger charge is -2.32. The van der Waals surface area contributed by atoms with Crippen LogP contribution in [0.1, 0.15) is 42.1 Å². The first-order valence-corrected chi connectivity index (χ1v) is 11.3. The molecule has 29 heavy (non-hydrogen) atoms. The van der Waals surface area contributed by atoms with Crippen molar-refractivity contribution in [1.29, 1.82) is 0 Å². The SMILES string of the molecule is COc1ccc(C(=O)Nc2cccc(Cl)c2C)cc1S(=O)(=O)N1CCCC[C@@H]1C. The molecule has 0 bridgehead atoms. The molecule has 0 spiro atoms. The highest BCUT2D eigenvalue weighted by Gasteiger charge is 2.33. The van der Waals surface area contributed by atoms with Crippen molar-refractivity contribution >= 4 is 33.2 Å². The van der Waals surface area contributed by atoms with E-state index in [1.165, 1.54) is 23.5 Å². The number of methoxy groups -OCH3 is 1. The lowest BCUT2D eigenvalue weighted by atomic mass is 10.1. The number of piperidine rings is 1. The van der Waals surface area contributed by atoms with Gasteiger partial charge in [-0.1, -0.05) is 24.1 Å². The first kappa shape index (κ1) is 21.6. The molecule has 6 nitrogen and oxygen atoms in total. The number of nitrogens with one attached hydrogen (secondary N) is 1. The molecule has 1 aliphatic rings. The number of carbonyl (C=O) groups excluding carboxylic acids is 1. The molecule has 2 aromatic rings. The standard InChI is InChI=1S/C21H25ClN2O4S/c1-14-7-4-5-12-24(14)29(26,27)20-13-16(10-11-19(20)28-3)21(25)23-18-9-6-8-17(22)15(18)2/h6,8-11,13-14H,4-5,7,12H2,1-3H3,(H,23,25)/t14-/m0/s1. The molecular weight excluding hydrogens is 412 g/mol. The van der Waals surface area contributed by atoms with Gasteiger partial charge in [0.1, 0.15) is 10.6 Å². The maximum Gasteiger partial charge on any atom is 0.255 e. The van der Waals surface area contributed by atoms with Crippen molar-refractivity contribution in [2.24, 2.45) is 0 Å². The first-order chi connectivity index (χ1) is 13.8. The third-order valence-corrected chi connectivity index (χ3v) is 7.71. The van der Waals surface area contributed by atoms with Crippen LogP contribution in [-0.2, 0) is 10.0 Å². The minimum atomic E-state index is -3.79. The zero-order valence-corrected chi connectivity index (χ0v) is 18.3. The van der Waals surface area contributed by atoms with Crippen LogP contribution in [0.5, 0.6) is 5.75 Å². The summed E-state index contributed by atoms with van der Waals surface area (Å²) in [5, 5.41) is 3.34. The molecule has 0 aromatic heterocycles. The molecule has 1 aliphatic heterocycles. The summed E-state index contributed by atoms with van der Waals surface area (Å²) in [6, 6.07) is 9.58. The van der Waals surface area contributed by atoms with Crippen LogP contribution in [0, 0.1) is 6.92 Å². The molecule has 1 saturated heterocycles. The number of ether oxygens (including phenoxy) is 1. The third kappa shape index (κ3) is 4.42. The smallest absolute Gasteiger partial charge is 0.255 e. The van der Waals surface area contributed by atoms with Crippen molar-refractivity contribution in [2.45, 2.75) is 44.0 Å². The molecule has 1 heterocycles. The topological polar surface area (TPSA) is 75.7 Å². The predicted molar refractivity (Wildman–Crippen MR) is 114 cm³/mol. The Morgan fingerprint density at radius 2 is 2.00 bits per heavy atom. The fourth-order valence-corrected chi connectivity index (χ4v) is 5.57. The first-order valence-electron chi connectivity index (χ1n) is 9.52. The summed E-state index contributed by atoms with van der Waals surface area (Å²) in [5.74, 6) is -0.195. The molecule has 3 rings (SSSR count). The summed E-state index contributed by atoms with van der Waals surface area (Å²) in [4.78, 5) is 12.8. The van der Waals surface area contributed by atoms with Crippen molar-refractivity contribution in [1.82, 2.24) is 4.31 Å². The highest BCUT2D eigenvalue weighted by Crippen LogP contribution is 2.32. The Balaban J connectivity index is 1.96. The van der Waals surface area contributed by atoms with Crippen LogP contribution in [0.15, 0.2) is 41.3 Å². The molecular formula is C21H25ClN2O4S. The van der Waals surface area contributed by atoms with Gasteiger partial charge in [-0.3, -0.25) is 4.79 Å². The van der Waals surface area contributed by atoms with Gasteiger partial charge in [0.2, 0.25) is 10.0 Å². The van der Waals surface area contributed by atoms with Crippen LogP contribution in [0.2, 0.25) is 5.02 Å². The Bertz CT molecular complexity index is 1020.